The van der Waals surface area contributed by atoms with Crippen molar-refractivity contribution in [1.29, 1.82) is 0 Å². The van der Waals surface area contributed by atoms with Gasteiger partial charge in [0.25, 0.3) is 0 Å². The van der Waals surface area contributed by atoms with Crippen LogP contribution in [0.2, 0.25) is 0 Å². The molecule has 2 rings (SSSR count). The Morgan fingerprint density at radius 3 is 2.17 bits per heavy atom. The van der Waals surface area contributed by atoms with E-state index >= 15 is 0 Å². The smallest absolute Gasteiger partial charge is 0.243 e. The van der Waals surface area contributed by atoms with Crippen LogP contribution in [0.1, 0.15) is 40.5 Å². The minimum absolute atomic E-state index is 0.00483. The molecule has 0 radical (unpaired) electrons. The Kier molecular flexibility index (Phi) is 7.83. The van der Waals surface area contributed by atoms with E-state index in [-0.39, 0.29) is 34.2 Å². The van der Waals surface area contributed by atoms with E-state index in [9.17, 15) is 21.6 Å². The van der Waals surface area contributed by atoms with Crippen molar-refractivity contribution in [3.63, 3.8) is 0 Å². The number of rotatable bonds is 8. The summed E-state index contributed by atoms with van der Waals surface area (Å²) in [6.07, 6.45) is 1.25. The molecule has 1 aliphatic rings. The fourth-order valence-corrected chi connectivity index (χ4v) is 6.40. The number of nitrogens with zero attached hydrogens (tertiary/aromatic N) is 2. The number of carbonyl (C=O) groups excluding carboxylic acids is 1. The third kappa shape index (κ3) is 5.36. The van der Waals surface area contributed by atoms with E-state index < -0.39 is 20.0 Å². The summed E-state index contributed by atoms with van der Waals surface area (Å²) in [5.74, 6) is -0.524. The van der Waals surface area contributed by atoms with Gasteiger partial charge >= 0.3 is 0 Å². The second-order valence-electron chi connectivity index (χ2n) is 7.43. The first-order valence-electron chi connectivity index (χ1n) is 9.94. The van der Waals surface area contributed by atoms with Crippen molar-refractivity contribution >= 4 is 26.0 Å². The van der Waals surface area contributed by atoms with Crippen LogP contribution in [0.4, 0.5) is 0 Å². The van der Waals surface area contributed by atoms with E-state index in [1.165, 1.54) is 32.9 Å². The van der Waals surface area contributed by atoms with E-state index in [2.05, 4.69) is 5.32 Å². The summed E-state index contributed by atoms with van der Waals surface area (Å²) < 4.78 is 53.8. The van der Waals surface area contributed by atoms with Gasteiger partial charge in [-0.2, -0.15) is 8.61 Å². The van der Waals surface area contributed by atoms with E-state index in [0.717, 1.165) is 0 Å². The van der Waals surface area contributed by atoms with Crippen molar-refractivity contribution in [2.45, 2.75) is 56.4 Å². The zero-order chi connectivity index (χ0) is 21.8. The lowest BCUT2D eigenvalue weighted by atomic mass is 9.98. The normalized spacial score (nSPS) is 18.9. The molecule has 0 saturated carbocycles. The second-order valence-corrected chi connectivity index (χ2v) is 11.3. The Labute approximate surface area is 174 Å². The van der Waals surface area contributed by atoms with Crippen LogP contribution >= 0.6 is 0 Å². The molecule has 0 spiro atoms. The maximum Gasteiger partial charge on any atom is 0.243 e. The maximum atomic E-state index is 13.0. The molecule has 29 heavy (non-hydrogen) atoms. The monoisotopic (exact) mass is 445 g/mol. The van der Waals surface area contributed by atoms with Crippen molar-refractivity contribution in [1.82, 2.24) is 13.9 Å². The minimum atomic E-state index is -3.81. The molecule has 1 N–H and O–H groups in total. The van der Waals surface area contributed by atoms with Gasteiger partial charge < -0.3 is 5.32 Å². The number of piperidine rings is 1. The van der Waals surface area contributed by atoms with Crippen LogP contribution in [0.5, 0.6) is 0 Å². The van der Waals surface area contributed by atoms with Crippen LogP contribution in [0.15, 0.2) is 34.1 Å². The molecule has 0 aromatic heterocycles. The summed E-state index contributed by atoms with van der Waals surface area (Å²) in [5.41, 5.74) is 0. The van der Waals surface area contributed by atoms with Crippen LogP contribution in [0.25, 0.3) is 0 Å². The molecular weight excluding hydrogens is 414 g/mol. The standard InChI is InChI=1S/C19H31N3O5S2/c1-5-21(6-2)28(24,25)17-9-11-18(12-10-17)29(26,27)22-13-7-8-16(14-22)19(23)20-15(3)4/h9-12,15-16H,5-8,13-14H2,1-4H3,(H,20,23). The molecule has 1 atom stereocenters. The van der Waals surface area contributed by atoms with Crippen LogP contribution < -0.4 is 5.32 Å². The zero-order valence-corrected chi connectivity index (χ0v) is 19.1. The molecule has 1 aromatic carbocycles. The van der Waals surface area contributed by atoms with Crippen molar-refractivity contribution < 1.29 is 21.6 Å². The fraction of sp³-hybridized carbons (Fsp3) is 0.632. The predicted molar refractivity (Wildman–Crippen MR) is 111 cm³/mol. The topological polar surface area (TPSA) is 104 Å². The highest BCUT2D eigenvalue weighted by Crippen LogP contribution is 2.25. The average molecular weight is 446 g/mol. The molecule has 8 nitrogen and oxygen atoms in total. The minimum Gasteiger partial charge on any atom is -0.354 e. The highest BCUT2D eigenvalue weighted by Gasteiger charge is 2.33. The van der Waals surface area contributed by atoms with Crippen molar-refractivity contribution in [3.05, 3.63) is 24.3 Å². The first-order chi connectivity index (χ1) is 13.5. The maximum absolute atomic E-state index is 13.0. The molecule has 10 heteroatoms. The van der Waals surface area contributed by atoms with E-state index in [4.69, 9.17) is 0 Å². The molecule has 1 amide bonds. The Balaban J connectivity index is 2.22. The quantitative estimate of drug-likeness (QED) is 0.655. The lowest BCUT2D eigenvalue weighted by molar-refractivity contribution is -0.126. The molecule has 0 aliphatic carbocycles. The average Bonchev–Trinajstić information content (AvgIpc) is 2.68. The van der Waals surface area contributed by atoms with Crippen molar-refractivity contribution in [2.24, 2.45) is 5.92 Å². The summed E-state index contributed by atoms with van der Waals surface area (Å²) in [5, 5.41) is 2.84. The number of hydrogen-bond donors (Lipinski definition) is 1. The van der Waals surface area contributed by atoms with Gasteiger partial charge in [-0.15, -0.1) is 0 Å². The SMILES string of the molecule is CCN(CC)S(=O)(=O)c1ccc(S(=O)(=O)N2CCCC(C(=O)NC(C)C)C2)cc1. The number of nitrogens with one attached hydrogen (secondary N) is 1. The number of sulfonamides is 2. The molecule has 1 fully saturated rings. The third-order valence-electron chi connectivity index (χ3n) is 4.99. The van der Waals surface area contributed by atoms with Crippen molar-refractivity contribution in [3.8, 4) is 0 Å². The molecule has 1 aromatic rings. The summed E-state index contributed by atoms with van der Waals surface area (Å²) in [4.78, 5) is 12.4. The Hall–Kier alpha value is -1.49. The van der Waals surface area contributed by atoms with Gasteiger partial charge in [-0.3, -0.25) is 4.79 Å². The fourth-order valence-electron chi connectivity index (χ4n) is 3.42. The Morgan fingerprint density at radius 2 is 1.66 bits per heavy atom. The molecule has 1 aliphatic heterocycles. The Morgan fingerprint density at radius 1 is 1.10 bits per heavy atom. The molecular formula is C19H31N3O5S2. The van der Waals surface area contributed by atoms with E-state index in [0.29, 0.717) is 32.5 Å². The van der Waals surface area contributed by atoms with Crippen LogP contribution in [-0.2, 0) is 24.8 Å². The third-order valence-corrected chi connectivity index (χ3v) is 8.93. The number of carbonyl (C=O) groups is 1. The van der Waals surface area contributed by atoms with Crippen LogP contribution in [0.3, 0.4) is 0 Å². The number of benzene rings is 1. The van der Waals surface area contributed by atoms with E-state index in [1.807, 2.05) is 13.8 Å². The summed E-state index contributed by atoms with van der Waals surface area (Å²) in [6, 6.07) is 5.29. The van der Waals surface area contributed by atoms with Crippen molar-refractivity contribution in [2.75, 3.05) is 26.2 Å². The number of hydrogen-bond acceptors (Lipinski definition) is 5. The first kappa shape index (κ1) is 23.8. The molecule has 1 heterocycles. The molecule has 0 bridgehead atoms. The van der Waals surface area contributed by atoms with Crippen LogP contribution in [-0.4, -0.2) is 63.6 Å². The van der Waals surface area contributed by atoms with Crippen LogP contribution in [0, 0.1) is 5.92 Å². The van der Waals surface area contributed by atoms with Gasteiger partial charge in [-0.25, -0.2) is 16.8 Å². The molecule has 1 unspecified atom stereocenters. The van der Waals surface area contributed by atoms with Gasteiger partial charge in [-0.05, 0) is 51.0 Å². The predicted octanol–water partition coefficient (Wildman–Crippen LogP) is 1.64. The summed E-state index contributed by atoms with van der Waals surface area (Å²) in [6.45, 7) is 8.38. The van der Waals surface area contributed by atoms with Gasteiger partial charge in [-0.1, -0.05) is 13.8 Å². The van der Waals surface area contributed by atoms with Gasteiger partial charge in [0.1, 0.15) is 0 Å². The highest BCUT2D eigenvalue weighted by molar-refractivity contribution is 7.89. The zero-order valence-electron chi connectivity index (χ0n) is 17.5. The van der Waals surface area contributed by atoms with Gasteiger partial charge in [0, 0.05) is 32.2 Å². The van der Waals surface area contributed by atoms with E-state index in [1.54, 1.807) is 13.8 Å². The Bertz CT molecular complexity index is 908. The second kappa shape index (κ2) is 9.55. The number of amides is 1. The lowest BCUT2D eigenvalue weighted by Crippen LogP contribution is -2.46. The largest absolute Gasteiger partial charge is 0.354 e. The van der Waals surface area contributed by atoms with Gasteiger partial charge in [0.2, 0.25) is 26.0 Å². The van der Waals surface area contributed by atoms with Gasteiger partial charge in [0.05, 0.1) is 15.7 Å². The summed E-state index contributed by atoms with van der Waals surface area (Å²) in [7, 11) is -7.45. The summed E-state index contributed by atoms with van der Waals surface area (Å²) >= 11 is 0. The highest BCUT2D eigenvalue weighted by atomic mass is 32.2. The lowest BCUT2D eigenvalue weighted by Gasteiger charge is -2.31. The molecule has 1 saturated heterocycles. The molecule has 164 valence electrons. The first-order valence-corrected chi connectivity index (χ1v) is 12.8. The van der Waals surface area contributed by atoms with Gasteiger partial charge in [0.15, 0.2) is 0 Å².